The molecule has 1 amide bonds. The van der Waals surface area contributed by atoms with E-state index in [9.17, 15) is 4.79 Å². The fourth-order valence-electron chi connectivity index (χ4n) is 2.05. The monoisotopic (exact) mass is 125 g/mol. The molecule has 0 radical (unpaired) electrons. The second kappa shape index (κ2) is 0.770. The van der Waals surface area contributed by atoms with E-state index in [2.05, 4.69) is 6.92 Å². The molecule has 0 aromatic carbocycles. The summed E-state index contributed by atoms with van der Waals surface area (Å²) in [5.41, 5.74) is 0.0110. The normalized spacial score (nSPS) is 57.0. The number of carbonyl (C=O) groups excluding carboxylic acids is 1. The van der Waals surface area contributed by atoms with Crippen molar-refractivity contribution in [2.24, 2.45) is 0 Å². The van der Waals surface area contributed by atoms with Gasteiger partial charge in [0.1, 0.15) is 12.1 Å². The number of amides is 1. The summed E-state index contributed by atoms with van der Waals surface area (Å²) < 4.78 is 5.10. The molecule has 2 atom stereocenters. The molecule has 4 aliphatic rings. The lowest BCUT2D eigenvalue weighted by molar-refractivity contribution is 0.116. The van der Waals surface area contributed by atoms with E-state index in [0.717, 1.165) is 6.42 Å². The average molecular weight is 125 g/mol. The van der Waals surface area contributed by atoms with Crippen molar-refractivity contribution in [3.63, 3.8) is 0 Å². The molecule has 3 nitrogen and oxygen atoms in total. The van der Waals surface area contributed by atoms with E-state index in [1.165, 1.54) is 0 Å². The smallest absolute Gasteiger partial charge is 0.411 e. The second-order valence-corrected chi connectivity index (χ2v) is 2.97. The summed E-state index contributed by atoms with van der Waals surface area (Å²) in [5.74, 6) is 0. The summed E-state index contributed by atoms with van der Waals surface area (Å²) in [5, 5.41) is 0. The first-order valence-electron chi connectivity index (χ1n) is 3.32. The Bertz CT molecular complexity index is 203. The minimum absolute atomic E-state index is 0.0110. The number of rotatable bonds is 1. The molecule has 4 fully saturated rings. The van der Waals surface area contributed by atoms with E-state index in [1.807, 2.05) is 4.90 Å². The van der Waals surface area contributed by atoms with Crippen LogP contribution in [0.5, 0.6) is 0 Å². The molecule has 3 aliphatic heterocycles. The lowest BCUT2D eigenvalue weighted by Gasteiger charge is -2.07. The van der Waals surface area contributed by atoms with Crippen LogP contribution in [-0.4, -0.2) is 28.7 Å². The first kappa shape index (κ1) is 4.14. The van der Waals surface area contributed by atoms with Crippen LogP contribution in [-0.2, 0) is 4.74 Å². The quantitative estimate of drug-likeness (QED) is 0.473. The minimum atomic E-state index is -0.0909. The molecule has 3 saturated heterocycles. The Hall–Kier alpha value is -0.730. The van der Waals surface area contributed by atoms with Gasteiger partial charge in [0.2, 0.25) is 0 Å². The largest absolute Gasteiger partial charge is 0.438 e. The Morgan fingerprint density at radius 2 is 2.44 bits per heavy atom. The van der Waals surface area contributed by atoms with Gasteiger partial charge in [-0.15, -0.1) is 0 Å². The number of nitrogens with zero attached hydrogens (tertiary/aromatic N) is 1. The fourth-order valence-corrected chi connectivity index (χ4v) is 2.05. The third-order valence-corrected chi connectivity index (χ3v) is 2.74. The molecule has 9 heavy (non-hydrogen) atoms. The van der Waals surface area contributed by atoms with Crippen LogP contribution >= 0.6 is 0 Å². The Labute approximate surface area is 52.6 Å². The highest BCUT2D eigenvalue weighted by Gasteiger charge is 2.93. The van der Waals surface area contributed by atoms with Gasteiger partial charge in [-0.3, -0.25) is 4.90 Å². The topological polar surface area (TPSA) is 29.3 Å². The van der Waals surface area contributed by atoms with Gasteiger partial charge < -0.3 is 4.74 Å². The molecule has 3 heterocycles. The summed E-state index contributed by atoms with van der Waals surface area (Å²) in [6, 6.07) is 0.991. The molecular formula is C6H7NO2. The van der Waals surface area contributed by atoms with Gasteiger partial charge in [0.15, 0.2) is 5.60 Å². The van der Waals surface area contributed by atoms with Crippen LogP contribution in [0, 0.1) is 0 Å². The number of carbonyl (C=O) groups is 1. The third-order valence-electron chi connectivity index (χ3n) is 2.74. The van der Waals surface area contributed by atoms with Crippen molar-refractivity contribution in [3.05, 3.63) is 0 Å². The molecule has 4 rings (SSSR count). The molecule has 2 bridgehead atoms. The van der Waals surface area contributed by atoms with E-state index in [0.29, 0.717) is 12.1 Å². The predicted octanol–water partition coefficient (Wildman–Crippen LogP) is 0.352. The lowest BCUT2D eigenvalue weighted by Crippen LogP contribution is -2.22. The van der Waals surface area contributed by atoms with Crippen molar-refractivity contribution in [2.45, 2.75) is 31.0 Å². The van der Waals surface area contributed by atoms with E-state index in [4.69, 9.17) is 4.74 Å². The Morgan fingerprint density at radius 3 is 2.67 bits per heavy atom. The minimum Gasteiger partial charge on any atom is -0.438 e. The van der Waals surface area contributed by atoms with Crippen molar-refractivity contribution in [1.82, 2.24) is 4.90 Å². The van der Waals surface area contributed by atoms with E-state index < -0.39 is 0 Å². The Balaban J connectivity index is 2.01. The highest BCUT2D eigenvalue weighted by molar-refractivity contribution is 5.84. The second-order valence-electron chi connectivity index (χ2n) is 2.97. The summed E-state index contributed by atoms with van der Waals surface area (Å²) in [6.07, 6.45) is 0.900. The molecule has 0 aromatic rings. The van der Waals surface area contributed by atoms with Gasteiger partial charge >= 0.3 is 6.09 Å². The summed E-state index contributed by atoms with van der Waals surface area (Å²) >= 11 is 0. The molecule has 1 saturated carbocycles. The third kappa shape index (κ3) is 0.206. The van der Waals surface area contributed by atoms with Gasteiger partial charge in [0.25, 0.3) is 0 Å². The fraction of sp³-hybridized carbons (Fsp3) is 0.833. The van der Waals surface area contributed by atoms with Crippen LogP contribution < -0.4 is 0 Å². The van der Waals surface area contributed by atoms with Crippen molar-refractivity contribution in [3.8, 4) is 0 Å². The van der Waals surface area contributed by atoms with Gasteiger partial charge in [-0.25, -0.2) is 4.79 Å². The zero-order valence-corrected chi connectivity index (χ0v) is 5.13. The highest BCUT2D eigenvalue weighted by atomic mass is 16.6. The number of hydrogen-bond acceptors (Lipinski definition) is 2. The van der Waals surface area contributed by atoms with Gasteiger partial charge in [-0.1, -0.05) is 6.92 Å². The van der Waals surface area contributed by atoms with Crippen molar-refractivity contribution < 1.29 is 9.53 Å². The van der Waals surface area contributed by atoms with Crippen molar-refractivity contribution >= 4 is 6.09 Å². The zero-order chi connectivity index (χ0) is 6.22. The average Bonchev–Trinajstić information content (AvgIpc) is 2.64. The zero-order valence-electron chi connectivity index (χ0n) is 5.13. The molecule has 0 N–H and O–H groups in total. The molecular weight excluding hydrogens is 118 g/mol. The number of hydrogen-bond donors (Lipinski definition) is 0. The molecule has 0 spiro atoms. The van der Waals surface area contributed by atoms with Crippen molar-refractivity contribution in [1.29, 1.82) is 0 Å². The number of fused-ring (bicyclic) bond motifs is 1. The Morgan fingerprint density at radius 1 is 1.78 bits per heavy atom. The van der Waals surface area contributed by atoms with Crippen LogP contribution in [0.3, 0.4) is 0 Å². The summed E-state index contributed by atoms with van der Waals surface area (Å²) in [7, 11) is 0. The van der Waals surface area contributed by atoms with Crippen molar-refractivity contribution in [2.75, 3.05) is 0 Å². The Kier molecular flexibility index (Phi) is 0.354. The first-order chi connectivity index (χ1) is 4.31. The van der Waals surface area contributed by atoms with Crippen LogP contribution in [0.2, 0.25) is 0 Å². The van der Waals surface area contributed by atoms with Gasteiger partial charge in [0, 0.05) is 0 Å². The molecule has 48 valence electrons. The maximum atomic E-state index is 10.7. The van der Waals surface area contributed by atoms with E-state index >= 15 is 0 Å². The maximum absolute atomic E-state index is 10.7. The lowest BCUT2D eigenvalue weighted by atomic mass is 10.2. The SMILES string of the molecule is CCC12OC(=O)N3C1C32. The van der Waals surface area contributed by atoms with Gasteiger partial charge in [-0.2, -0.15) is 0 Å². The van der Waals surface area contributed by atoms with Gasteiger partial charge in [-0.05, 0) is 6.42 Å². The predicted molar refractivity (Wildman–Crippen MR) is 28.9 cm³/mol. The first-order valence-corrected chi connectivity index (χ1v) is 3.32. The summed E-state index contributed by atoms with van der Waals surface area (Å²) in [4.78, 5) is 12.5. The highest BCUT2D eigenvalue weighted by Crippen LogP contribution is 2.69. The van der Waals surface area contributed by atoms with Gasteiger partial charge in [0.05, 0.1) is 0 Å². The molecule has 3 heteroatoms. The van der Waals surface area contributed by atoms with Crippen LogP contribution in [0.1, 0.15) is 13.3 Å². The van der Waals surface area contributed by atoms with Crippen LogP contribution in [0.4, 0.5) is 4.79 Å². The molecule has 1 aliphatic carbocycles. The van der Waals surface area contributed by atoms with Crippen LogP contribution in [0.15, 0.2) is 0 Å². The molecule has 0 aromatic heterocycles. The van der Waals surface area contributed by atoms with Crippen LogP contribution in [0.25, 0.3) is 0 Å². The van der Waals surface area contributed by atoms with E-state index in [1.54, 1.807) is 0 Å². The summed E-state index contributed by atoms with van der Waals surface area (Å²) in [6.45, 7) is 2.07. The molecule has 2 unspecified atom stereocenters. The van der Waals surface area contributed by atoms with E-state index in [-0.39, 0.29) is 11.7 Å². The number of ether oxygens (including phenoxy) is 1. The standard InChI is InChI=1S/C6H7NO2/c1-2-6-3-4(6)7(3)5(8)9-6/h3-4H,2H2,1H3. The maximum Gasteiger partial charge on any atom is 0.411 e.